The van der Waals surface area contributed by atoms with Crippen LogP contribution < -0.4 is 9.47 Å². The maximum Gasteiger partial charge on any atom is 0.359 e. The molecule has 2 atom stereocenters. The van der Waals surface area contributed by atoms with Gasteiger partial charge in [0, 0.05) is 23.0 Å². The number of benzene rings is 2. The smallest absolute Gasteiger partial charge is 0.359 e. The summed E-state index contributed by atoms with van der Waals surface area (Å²) in [6.07, 6.45) is 1.72. The van der Waals surface area contributed by atoms with Crippen LogP contribution in [0.1, 0.15) is 69.9 Å². The second kappa shape index (κ2) is 13.2. The Morgan fingerprint density at radius 2 is 1.26 bits per heavy atom. The van der Waals surface area contributed by atoms with Crippen molar-refractivity contribution in [3.8, 4) is 46.9 Å². The van der Waals surface area contributed by atoms with Crippen molar-refractivity contribution in [1.82, 2.24) is 30.8 Å². The zero-order valence-corrected chi connectivity index (χ0v) is 23.3. The highest BCUT2D eigenvalue weighted by Gasteiger charge is 2.18. The van der Waals surface area contributed by atoms with Gasteiger partial charge in [0.25, 0.3) is 11.8 Å². The number of aromatic amines is 2. The molecule has 4 rings (SSSR count). The normalized spacial score (nSPS) is 11.8. The minimum atomic E-state index is -1.21. The molecule has 0 aliphatic heterocycles. The van der Waals surface area contributed by atoms with E-state index in [0.717, 1.165) is 35.1 Å². The highest BCUT2D eigenvalue weighted by molar-refractivity contribution is 5.88. The summed E-state index contributed by atoms with van der Waals surface area (Å²) < 4.78 is 11.2. The molecule has 42 heavy (non-hydrogen) atoms. The molecule has 0 bridgehead atoms. The van der Waals surface area contributed by atoms with Crippen molar-refractivity contribution in [2.75, 3.05) is 0 Å². The molecule has 2 aromatic heterocycles. The molecule has 2 heterocycles. The summed E-state index contributed by atoms with van der Waals surface area (Å²) in [6.45, 7) is 7.97. The number of carboxylic acid groups (broad SMARTS) is 2. The van der Waals surface area contributed by atoms with Gasteiger partial charge in [0.15, 0.2) is 0 Å². The van der Waals surface area contributed by atoms with Gasteiger partial charge in [-0.05, 0) is 68.1 Å². The van der Waals surface area contributed by atoms with Gasteiger partial charge in [0.2, 0.25) is 11.4 Å². The summed E-state index contributed by atoms with van der Waals surface area (Å²) in [6, 6.07) is 10.6. The van der Waals surface area contributed by atoms with Gasteiger partial charge >= 0.3 is 11.9 Å². The second-order valence-electron chi connectivity index (χ2n) is 9.67. The fourth-order valence-corrected chi connectivity index (χ4v) is 3.77. The molecule has 0 aliphatic rings. The van der Waals surface area contributed by atoms with Crippen LogP contribution in [0.2, 0.25) is 0 Å². The number of carbonyl (C=O) groups is 2. The zero-order chi connectivity index (χ0) is 30.2. The first-order valence-electron chi connectivity index (χ1n) is 13.0. The first kappa shape index (κ1) is 29.4. The zero-order valence-electron chi connectivity index (χ0n) is 23.3. The van der Waals surface area contributed by atoms with Crippen LogP contribution in [0.3, 0.4) is 0 Å². The largest absolute Gasteiger partial charge is 0.476 e. The Kier molecular flexibility index (Phi) is 9.20. The number of aryl methyl sites for hydroxylation is 2. The number of nitrogens with zero attached hydrogens (tertiary/aromatic N) is 4. The molecule has 0 amide bonds. The molecular weight excluding hydrogens is 540 g/mol. The average molecular weight is 569 g/mol. The molecule has 0 fully saturated rings. The molecule has 0 radical (unpaired) electrons. The molecule has 2 aromatic carbocycles. The number of rotatable bonds is 9. The van der Waals surface area contributed by atoms with Crippen LogP contribution in [0.25, 0.3) is 0 Å². The van der Waals surface area contributed by atoms with Gasteiger partial charge in [0.1, 0.15) is 11.5 Å². The summed E-state index contributed by atoms with van der Waals surface area (Å²) in [7, 11) is 0. The molecule has 12 heteroatoms. The molecule has 0 aliphatic carbocycles. The SMILES string of the molecule is Cc1cc(Oc2nn[nH]c2C(=O)O)ccc1C#CC(C)CCC(C)C#Cc1cc(Oc2nn[nH]c2C(=O)O)ccc1C. The fraction of sp³-hybridized carbons (Fsp3) is 0.267. The van der Waals surface area contributed by atoms with Crippen LogP contribution >= 0.6 is 0 Å². The number of nitrogens with one attached hydrogen (secondary N) is 2. The van der Waals surface area contributed by atoms with Gasteiger partial charge in [-0.3, -0.25) is 0 Å². The van der Waals surface area contributed by atoms with Crippen LogP contribution in [0.4, 0.5) is 0 Å². The maximum atomic E-state index is 11.3. The van der Waals surface area contributed by atoms with Crippen molar-refractivity contribution >= 4 is 11.9 Å². The van der Waals surface area contributed by atoms with Gasteiger partial charge in [-0.2, -0.15) is 0 Å². The third-order valence-electron chi connectivity index (χ3n) is 6.24. The van der Waals surface area contributed by atoms with Crippen molar-refractivity contribution < 1.29 is 29.3 Å². The van der Waals surface area contributed by atoms with Crippen molar-refractivity contribution in [3.05, 3.63) is 70.0 Å². The highest BCUT2D eigenvalue weighted by atomic mass is 16.5. The summed E-state index contributed by atoms with van der Waals surface area (Å²) in [5, 5.41) is 37.2. The quantitative estimate of drug-likeness (QED) is 0.201. The van der Waals surface area contributed by atoms with Crippen LogP contribution in [-0.2, 0) is 0 Å². The van der Waals surface area contributed by atoms with E-state index in [0.29, 0.717) is 11.5 Å². The Balaban J connectivity index is 1.33. The third-order valence-corrected chi connectivity index (χ3v) is 6.24. The van der Waals surface area contributed by atoms with Crippen molar-refractivity contribution in [3.63, 3.8) is 0 Å². The molecule has 4 aromatic rings. The van der Waals surface area contributed by atoms with Crippen LogP contribution in [-0.4, -0.2) is 53.0 Å². The Morgan fingerprint density at radius 1 is 0.762 bits per heavy atom. The molecule has 4 N–H and O–H groups in total. The first-order valence-corrected chi connectivity index (χ1v) is 13.0. The van der Waals surface area contributed by atoms with E-state index in [1.165, 1.54) is 0 Å². The van der Waals surface area contributed by atoms with E-state index >= 15 is 0 Å². The van der Waals surface area contributed by atoms with Crippen LogP contribution in [0.15, 0.2) is 36.4 Å². The predicted octanol–water partition coefficient (Wildman–Crippen LogP) is 4.98. The second-order valence-corrected chi connectivity index (χ2v) is 9.67. The molecule has 0 spiro atoms. The lowest BCUT2D eigenvalue weighted by Gasteiger charge is -2.08. The van der Waals surface area contributed by atoms with Gasteiger partial charge < -0.3 is 19.7 Å². The summed E-state index contributed by atoms with van der Waals surface area (Å²) >= 11 is 0. The number of aromatic carboxylic acids is 2. The van der Waals surface area contributed by atoms with E-state index in [-0.39, 0.29) is 35.0 Å². The molecule has 214 valence electrons. The van der Waals surface area contributed by atoms with E-state index in [4.69, 9.17) is 14.6 Å². The topological polar surface area (TPSA) is 176 Å². The van der Waals surface area contributed by atoms with Crippen LogP contribution in [0.5, 0.6) is 23.3 Å². The third kappa shape index (κ3) is 7.52. The lowest BCUT2D eigenvalue weighted by atomic mass is 9.97. The standard InChI is InChI=1S/C30H28N6O6/c1-17(7-10-21-12-14-23(15-20(21)4)41-27-25(29(37)38)31-35-33-27)5-6-18(2)8-11-22-16-24(13-9-19(22)3)42-28-26(30(39)40)32-36-34-28/h9,12-18H,5-6H2,1-4H3,(H,37,38)(H,39,40)(H,31,33,35)(H,32,34,36). The fourth-order valence-electron chi connectivity index (χ4n) is 3.77. The monoisotopic (exact) mass is 568 g/mol. The van der Waals surface area contributed by atoms with Crippen molar-refractivity contribution in [2.45, 2.75) is 40.5 Å². The van der Waals surface area contributed by atoms with Crippen molar-refractivity contribution in [2.24, 2.45) is 11.8 Å². The number of aromatic nitrogens is 6. The molecule has 12 nitrogen and oxygen atoms in total. The average Bonchev–Trinajstić information content (AvgIpc) is 3.61. The van der Waals surface area contributed by atoms with Gasteiger partial charge in [-0.25, -0.2) is 19.8 Å². The van der Waals surface area contributed by atoms with Gasteiger partial charge in [-0.15, -0.1) is 0 Å². The molecular formula is C30H28N6O6. The summed E-state index contributed by atoms with van der Waals surface area (Å²) in [5.74, 6) is 11.5. The van der Waals surface area contributed by atoms with E-state index < -0.39 is 11.9 Å². The minimum Gasteiger partial charge on any atom is -0.476 e. The molecule has 0 saturated heterocycles. The molecule has 0 saturated carbocycles. The Hall–Kier alpha value is -5.62. The number of carboxylic acids is 2. The van der Waals surface area contributed by atoms with E-state index in [1.807, 2.05) is 26.0 Å². The number of H-pyrrole nitrogens is 2. The maximum absolute atomic E-state index is 11.3. The first-order chi connectivity index (χ1) is 20.1. The summed E-state index contributed by atoms with van der Waals surface area (Å²) in [5.41, 5.74) is 3.03. The van der Waals surface area contributed by atoms with Crippen LogP contribution in [0, 0.1) is 49.4 Å². The summed E-state index contributed by atoms with van der Waals surface area (Å²) in [4.78, 5) is 22.4. The highest BCUT2D eigenvalue weighted by Crippen LogP contribution is 2.25. The predicted molar refractivity (Wildman–Crippen MR) is 151 cm³/mol. The Bertz CT molecular complexity index is 1740. The minimum absolute atomic E-state index is 0.108. The van der Waals surface area contributed by atoms with Gasteiger partial charge in [0.05, 0.1) is 0 Å². The number of hydrogen-bond donors (Lipinski definition) is 4. The Labute approximate surface area is 241 Å². The molecule has 2 unspecified atom stereocenters. The number of hydrogen-bond acceptors (Lipinski definition) is 8. The lowest BCUT2D eigenvalue weighted by Crippen LogP contribution is -2.00. The van der Waals surface area contributed by atoms with E-state index in [9.17, 15) is 14.7 Å². The van der Waals surface area contributed by atoms with E-state index in [2.05, 4.69) is 68.4 Å². The van der Waals surface area contributed by atoms with E-state index in [1.54, 1.807) is 24.3 Å². The number of ether oxygens (including phenoxy) is 2. The Morgan fingerprint density at radius 3 is 1.79 bits per heavy atom. The van der Waals surface area contributed by atoms with Crippen molar-refractivity contribution in [1.29, 1.82) is 0 Å². The lowest BCUT2D eigenvalue weighted by molar-refractivity contribution is 0.0676. The van der Waals surface area contributed by atoms with Gasteiger partial charge in [-0.1, -0.05) is 64.2 Å².